The number of anilines is 2. The molecule has 0 saturated carbocycles. The number of nitrogens with one attached hydrogen (secondary N) is 1. The van der Waals surface area contributed by atoms with Gasteiger partial charge in [0.05, 0.1) is 24.2 Å². The van der Waals surface area contributed by atoms with Gasteiger partial charge in [0.25, 0.3) is 5.91 Å². The molecule has 0 aliphatic rings. The molecule has 4 rings (SSSR count). The molecule has 1 amide bonds. The van der Waals surface area contributed by atoms with Gasteiger partial charge in [0.15, 0.2) is 0 Å². The molecule has 0 saturated heterocycles. The van der Waals surface area contributed by atoms with Crippen LogP contribution in [-0.4, -0.2) is 20.6 Å². The van der Waals surface area contributed by atoms with Crippen molar-refractivity contribution < 1.29 is 13.2 Å². The van der Waals surface area contributed by atoms with Crippen molar-refractivity contribution in [3.8, 4) is 0 Å². The van der Waals surface area contributed by atoms with Gasteiger partial charge < -0.3 is 5.32 Å². The zero-order valence-corrected chi connectivity index (χ0v) is 21.1. The summed E-state index contributed by atoms with van der Waals surface area (Å²) in [6.45, 7) is 2.20. The number of nitrogens with zero attached hydrogens (tertiary/aromatic N) is 1. The van der Waals surface area contributed by atoms with Crippen molar-refractivity contribution in [1.29, 1.82) is 0 Å². The number of rotatable bonds is 8. The summed E-state index contributed by atoms with van der Waals surface area (Å²) in [5.41, 5.74) is 3.66. The molecule has 0 aliphatic heterocycles. The van der Waals surface area contributed by atoms with Gasteiger partial charge in [-0.1, -0.05) is 71.9 Å². The van der Waals surface area contributed by atoms with E-state index in [1.165, 1.54) is 10.6 Å². The molecule has 0 aliphatic carbocycles. The maximum Gasteiger partial charge on any atom is 0.255 e. The Labute approximate surface area is 210 Å². The third-order valence-electron chi connectivity index (χ3n) is 5.37. The fourth-order valence-electron chi connectivity index (χ4n) is 3.51. The van der Waals surface area contributed by atoms with Gasteiger partial charge in [-0.05, 0) is 61.0 Å². The standard InChI is InChI=1S/C28H26N2O3S2/c1-21-12-14-22(15-13-21)20-30(35(2,32)33)24-18-16-23(17-19-24)28(31)29-26-10-6-7-11-27(26)34-25-8-4-3-5-9-25/h3-19H,20H2,1-2H3,(H,29,31). The SMILES string of the molecule is Cc1ccc(CN(c2ccc(C(=O)Nc3ccccc3Sc3ccccc3)cc2)S(C)(=O)=O)cc1. The van der Waals surface area contributed by atoms with Crippen molar-refractivity contribution in [1.82, 2.24) is 0 Å². The molecule has 0 aromatic heterocycles. The first kappa shape index (κ1) is 24.6. The lowest BCUT2D eigenvalue weighted by atomic mass is 10.1. The number of carbonyl (C=O) groups excluding carboxylic acids is 1. The summed E-state index contributed by atoms with van der Waals surface area (Å²) in [6.07, 6.45) is 1.18. The van der Waals surface area contributed by atoms with Crippen LogP contribution in [0.15, 0.2) is 113 Å². The van der Waals surface area contributed by atoms with Gasteiger partial charge in [-0.2, -0.15) is 0 Å². The van der Waals surface area contributed by atoms with Crippen LogP contribution >= 0.6 is 11.8 Å². The molecule has 0 spiro atoms. The van der Waals surface area contributed by atoms with E-state index in [0.717, 1.165) is 20.9 Å². The maximum absolute atomic E-state index is 13.0. The maximum atomic E-state index is 13.0. The van der Waals surface area contributed by atoms with Crippen LogP contribution in [0, 0.1) is 6.92 Å². The zero-order valence-electron chi connectivity index (χ0n) is 19.5. The van der Waals surface area contributed by atoms with Gasteiger partial charge in [0, 0.05) is 15.4 Å². The minimum absolute atomic E-state index is 0.217. The normalized spacial score (nSPS) is 11.1. The van der Waals surface area contributed by atoms with E-state index in [1.807, 2.05) is 85.8 Å². The van der Waals surface area contributed by atoms with E-state index in [-0.39, 0.29) is 12.5 Å². The highest BCUT2D eigenvalue weighted by Gasteiger charge is 2.19. The van der Waals surface area contributed by atoms with E-state index >= 15 is 0 Å². The third kappa shape index (κ3) is 6.53. The molecule has 178 valence electrons. The quantitative estimate of drug-likeness (QED) is 0.304. The minimum atomic E-state index is -3.51. The molecule has 0 heterocycles. The van der Waals surface area contributed by atoms with E-state index in [4.69, 9.17) is 0 Å². The average Bonchev–Trinajstić information content (AvgIpc) is 2.85. The number of amides is 1. The largest absolute Gasteiger partial charge is 0.321 e. The third-order valence-corrected chi connectivity index (χ3v) is 7.60. The average molecular weight is 503 g/mol. The van der Waals surface area contributed by atoms with Crippen LogP contribution in [-0.2, 0) is 16.6 Å². The van der Waals surface area contributed by atoms with Crippen molar-refractivity contribution in [2.75, 3.05) is 15.9 Å². The van der Waals surface area contributed by atoms with Gasteiger partial charge in [-0.15, -0.1) is 0 Å². The molecule has 4 aromatic rings. The monoisotopic (exact) mass is 502 g/mol. The molecule has 0 radical (unpaired) electrons. The number of aryl methyl sites for hydroxylation is 1. The number of benzene rings is 4. The van der Waals surface area contributed by atoms with Crippen LogP contribution < -0.4 is 9.62 Å². The molecule has 0 unspecified atom stereocenters. The van der Waals surface area contributed by atoms with Crippen molar-refractivity contribution in [3.63, 3.8) is 0 Å². The van der Waals surface area contributed by atoms with Gasteiger partial charge in [0.1, 0.15) is 0 Å². The van der Waals surface area contributed by atoms with Crippen molar-refractivity contribution >= 4 is 39.1 Å². The van der Waals surface area contributed by atoms with Gasteiger partial charge >= 0.3 is 0 Å². The van der Waals surface area contributed by atoms with Gasteiger partial charge in [-0.25, -0.2) is 8.42 Å². The Bertz CT molecular complexity index is 1400. The summed E-state index contributed by atoms with van der Waals surface area (Å²) in [4.78, 5) is 15.0. The molecular formula is C28H26N2O3S2. The van der Waals surface area contributed by atoms with Crippen molar-refractivity contribution in [2.45, 2.75) is 23.3 Å². The Balaban J connectivity index is 1.51. The summed E-state index contributed by atoms with van der Waals surface area (Å²) in [6, 6.07) is 32.0. The van der Waals surface area contributed by atoms with E-state index in [2.05, 4.69) is 5.32 Å². The smallest absolute Gasteiger partial charge is 0.255 e. The van der Waals surface area contributed by atoms with Crippen LogP contribution in [0.1, 0.15) is 21.5 Å². The highest BCUT2D eigenvalue weighted by molar-refractivity contribution is 7.99. The minimum Gasteiger partial charge on any atom is -0.321 e. The second kappa shape index (κ2) is 10.8. The van der Waals surface area contributed by atoms with E-state index in [9.17, 15) is 13.2 Å². The number of hydrogen-bond donors (Lipinski definition) is 1. The molecule has 4 aromatic carbocycles. The first-order chi connectivity index (χ1) is 16.8. The summed E-state index contributed by atoms with van der Waals surface area (Å²) < 4.78 is 26.3. The van der Waals surface area contributed by atoms with Crippen LogP contribution in [0.25, 0.3) is 0 Å². The molecule has 0 bridgehead atoms. The molecule has 0 fully saturated rings. The molecule has 35 heavy (non-hydrogen) atoms. The first-order valence-electron chi connectivity index (χ1n) is 11.1. The first-order valence-corrected chi connectivity index (χ1v) is 13.7. The summed E-state index contributed by atoms with van der Waals surface area (Å²) in [5.74, 6) is -0.262. The lowest BCUT2D eigenvalue weighted by Gasteiger charge is -2.23. The topological polar surface area (TPSA) is 66.5 Å². The van der Waals surface area contributed by atoms with Crippen LogP contribution in [0.4, 0.5) is 11.4 Å². The Hall–Kier alpha value is -3.55. The van der Waals surface area contributed by atoms with Gasteiger partial charge in [0.2, 0.25) is 10.0 Å². The fourth-order valence-corrected chi connectivity index (χ4v) is 5.32. The molecule has 7 heteroatoms. The fraction of sp³-hybridized carbons (Fsp3) is 0.107. The molecular weight excluding hydrogens is 476 g/mol. The Morgan fingerprint density at radius 2 is 1.46 bits per heavy atom. The predicted molar refractivity (Wildman–Crippen MR) is 144 cm³/mol. The number of carbonyl (C=O) groups is 1. The Kier molecular flexibility index (Phi) is 7.58. The second-order valence-corrected chi connectivity index (χ2v) is 11.2. The number of sulfonamides is 1. The second-order valence-electron chi connectivity index (χ2n) is 8.17. The summed E-state index contributed by atoms with van der Waals surface area (Å²) >= 11 is 1.57. The van der Waals surface area contributed by atoms with E-state index in [0.29, 0.717) is 16.9 Å². The highest BCUT2D eigenvalue weighted by atomic mass is 32.2. The van der Waals surface area contributed by atoms with Crippen LogP contribution in [0.5, 0.6) is 0 Å². The molecule has 0 atom stereocenters. The summed E-state index contributed by atoms with van der Waals surface area (Å²) in [7, 11) is -3.51. The van der Waals surface area contributed by atoms with Crippen LogP contribution in [0.3, 0.4) is 0 Å². The van der Waals surface area contributed by atoms with Crippen molar-refractivity contribution in [2.24, 2.45) is 0 Å². The predicted octanol–water partition coefficient (Wildman–Crippen LogP) is 6.36. The molecule has 1 N–H and O–H groups in total. The lowest BCUT2D eigenvalue weighted by Crippen LogP contribution is -2.29. The highest BCUT2D eigenvalue weighted by Crippen LogP contribution is 2.33. The number of hydrogen-bond acceptors (Lipinski definition) is 4. The lowest BCUT2D eigenvalue weighted by molar-refractivity contribution is 0.102. The molecule has 5 nitrogen and oxygen atoms in total. The van der Waals surface area contributed by atoms with E-state index in [1.54, 1.807) is 36.0 Å². The summed E-state index contributed by atoms with van der Waals surface area (Å²) in [5, 5.41) is 2.98. The number of para-hydroxylation sites is 1. The Morgan fingerprint density at radius 3 is 2.11 bits per heavy atom. The Morgan fingerprint density at radius 1 is 0.829 bits per heavy atom. The van der Waals surface area contributed by atoms with Crippen LogP contribution in [0.2, 0.25) is 0 Å². The van der Waals surface area contributed by atoms with Crippen molar-refractivity contribution in [3.05, 3.63) is 120 Å². The van der Waals surface area contributed by atoms with E-state index < -0.39 is 10.0 Å². The zero-order chi connectivity index (χ0) is 24.8. The van der Waals surface area contributed by atoms with Gasteiger partial charge in [-0.3, -0.25) is 9.10 Å².